The van der Waals surface area contributed by atoms with Gasteiger partial charge in [0.15, 0.2) is 0 Å². The molecule has 0 rings (SSSR count). The Morgan fingerprint density at radius 3 is 1.43 bits per heavy atom. The Kier molecular flexibility index (Phi) is 60.7. The van der Waals surface area contributed by atoms with Crippen LogP contribution < -0.4 is 0 Å². The third kappa shape index (κ3) is 849. The van der Waals surface area contributed by atoms with Crippen LogP contribution in [0.3, 0.4) is 0 Å². The van der Waals surface area contributed by atoms with Crippen LogP contribution in [-0.2, 0) is 0 Å². The Labute approximate surface area is 68.9 Å². The molecule has 2 radical (unpaired) electrons. The van der Waals surface area contributed by atoms with Crippen LogP contribution in [-0.4, -0.2) is 59.0 Å². The maximum absolute atomic E-state index is 8.36. The van der Waals surface area contributed by atoms with Gasteiger partial charge in [-0.2, -0.15) is 0 Å². The van der Waals surface area contributed by atoms with E-state index in [1.807, 2.05) is 0 Å². The van der Waals surface area contributed by atoms with E-state index in [4.69, 9.17) is 15.3 Å². The molecular formula is H5CaNO5. The first kappa shape index (κ1) is 26.3. The van der Waals surface area contributed by atoms with Gasteiger partial charge in [-0.15, -0.1) is 10.1 Å². The summed E-state index contributed by atoms with van der Waals surface area (Å²) in [6, 6.07) is 0. The summed E-state index contributed by atoms with van der Waals surface area (Å²) in [7, 11) is 0. The van der Waals surface area contributed by atoms with Gasteiger partial charge >= 0.3 is 0 Å². The largest absolute Gasteiger partial charge is 0.412 e. The molecule has 0 bridgehead atoms. The molecule has 6 nitrogen and oxygen atoms in total. The molecule has 0 unspecified atom stereocenters. The number of hydrogen-bond donors (Lipinski definition) is 1. The van der Waals surface area contributed by atoms with Crippen molar-refractivity contribution in [1.29, 1.82) is 0 Å². The van der Waals surface area contributed by atoms with E-state index in [0.717, 1.165) is 0 Å². The van der Waals surface area contributed by atoms with E-state index in [-0.39, 0.29) is 48.7 Å². The van der Waals surface area contributed by atoms with Gasteiger partial charge in [-0.05, 0) is 0 Å². The summed E-state index contributed by atoms with van der Waals surface area (Å²) >= 11 is 0. The monoisotopic (exact) mass is 139 g/mol. The second-order valence-electron chi connectivity index (χ2n) is 0.238. The molecule has 0 heterocycles. The van der Waals surface area contributed by atoms with Crippen molar-refractivity contribution in [1.82, 2.24) is 0 Å². The van der Waals surface area contributed by atoms with Crippen molar-refractivity contribution in [2.24, 2.45) is 0 Å². The minimum atomic E-state index is -1.50. The number of rotatable bonds is 0. The number of hydrogen-bond acceptors (Lipinski definition) is 2. The molecule has 0 aromatic heterocycles. The number of nitrogens with zero attached hydrogens (tertiary/aromatic N) is 1. The van der Waals surface area contributed by atoms with Gasteiger partial charge in [0.2, 0.25) is 0 Å². The van der Waals surface area contributed by atoms with Crippen LogP contribution in [0, 0.1) is 10.1 Å². The molecule has 7 heavy (non-hydrogen) atoms. The van der Waals surface area contributed by atoms with Crippen LogP contribution in [0.5, 0.6) is 0 Å². The second-order valence-corrected chi connectivity index (χ2v) is 0.238. The van der Waals surface area contributed by atoms with Gasteiger partial charge in [-0.3, -0.25) is 0 Å². The van der Waals surface area contributed by atoms with Gasteiger partial charge in [0, 0.05) is 37.7 Å². The van der Waals surface area contributed by atoms with Gasteiger partial charge in [0.1, 0.15) is 0 Å². The van der Waals surface area contributed by atoms with Gasteiger partial charge in [-0.25, -0.2) is 0 Å². The zero-order chi connectivity index (χ0) is 3.58. The van der Waals surface area contributed by atoms with E-state index >= 15 is 0 Å². The third-order valence-electron chi connectivity index (χ3n) is 0. The molecule has 0 aromatic carbocycles. The van der Waals surface area contributed by atoms with Crippen molar-refractivity contribution >= 4 is 37.7 Å². The standard InChI is InChI=1S/Ca.HNO3.2H2O/c;2-1(3)4;;/h;(H,2,3,4);2*1H2. The average Bonchev–Trinajstić information content (AvgIpc) is 0.811. The summed E-state index contributed by atoms with van der Waals surface area (Å²) < 4.78 is 0. The van der Waals surface area contributed by atoms with E-state index in [2.05, 4.69) is 0 Å². The minimum Gasteiger partial charge on any atom is -0.412 e. The molecule has 42 valence electrons. The van der Waals surface area contributed by atoms with Crippen molar-refractivity contribution in [3.8, 4) is 0 Å². The summed E-state index contributed by atoms with van der Waals surface area (Å²) in [5.74, 6) is 0. The van der Waals surface area contributed by atoms with Gasteiger partial charge < -0.3 is 16.2 Å². The first-order valence-electron chi connectivity index (χ1n) is 0.565. The molecule has 0 saturated heterocycles. The predicted octanol–water partition coefficient (Wildman–Crippen LogP) is -2.38. The fourth-order valence-corrected chi connectivity index (χ4v) is 0. The quantitative estimate of drug-likeness (QED) is 0.228. The Hall–Kier alpha value is 0.380. The molecule has 0 aliphatic heterocycles. The van der Waals surface area contributed by atoms with Crippen LogP contribution in [0.2, 0.25) is 0 Å². The van der Waals surface area contributed by atoms with Gasteiger partial charge in [0.25, 0.3) is 5.09 Å². The topological polar surface area (TPSA) is 126 Å². The van der Waals surface area contributed by atoms with E-state index < -0.39 is 5.09 Å². The molecule has 0 amide bonds. The van der Waals surface area contributed by atoms with E-state index in [1.54, 1.807) is 0 Å². The summed E-state index contributed by atoms with van der Waals surface area (Å²) in [5, 5.41) is 13.6. The normalized spacial score (nSPS) is 3.43. The molecule has 0 spiro atoms. The van der Waals surface area contributed by atoms with E-state index in [0.29, 0.717) is 0 Å². The molecule has 0 saturated carbocycles. The molecule has 7 heteroatoms. The average molecular weight is 139 g/mol. The third-order valence-corrected chi connectivity index (χ3v) is 0. The van der Waals surface area contributed by atoms with Crippen LogP contribution >= 0.6 is 0 Å². The first-order valence-corrected chi connectivity index (χ1v) is 0.565. The molecule has 0 aromatic rings. The Morgan fingerprint density at radius 1 is 1.43 bits per heavy atom. The van der Waals surface area contributed by atoms with Crippen molar-refractivity contribution in [2.75, 3.05) is 0 Å². The Balaban J connectivity index is -0.0000000150. The molecule has 0 fully saturated rings. The van der Waals surface area contributed by atoms with Crippen LogP contribution in [0.25, 0.3) is 0 Å². The smallest absolute Gasteiger partial charge is 0.291 e. The maximum atomic E-state index is 8.36. The maximum Gasteiger partial charge on any atom is 0.291 e. The van der Waals surface area contributed by atoms with E-state index in [1.165, 1.54) is 0 Å². The SMILES string of the molecule is O.O.O=[N+]([O-])O.[Ca]. The molecular weight excluding hydrogens is 134 g/mol. The van der Waals surface area contributed by atoms with Crippen LogP contribution in [0.1, 0.15) is 0 Å². The second kappa shape index (κ2) is 16.2. The predicted molar refractivity (Wildman–Crippen MR) is 21.8 cm³/mol. The summed E-state index contributed by atoms with van der Waals surface area (Å²) in [4.78, 5) is 8.36. The van der Waals surface area contributed by atoms with Crippen molar-refractivity contribution in [2.45, 2.75) is 0 Å². The van der Waals surface area contributed by atoms with Crippen molar-refractivity contribution in [3.63, 3.8) is 0 Å². The van der Waals surface area contributed by atoms with Gasteiger partial charge in [0.05, 0.1) is 0 Å². The van der Waals surface area contributed by atoms with Crippen LogP contribution in [0.15, 0.2) is 0 Å². The minimum absolute atomic E-state index is 0. The van der Waals surface area contributed by atoms with Crippen molar-refractivity contribution in [3.05, 3.63) is 10.1 Å². The molecule has 0 atom stereocenters. The fraction of sp³-hybridized carbons (Fsp3) is 0. The summed E-state index contributed by atoms with van der Waals surface area (Å²) in [6.07, 6.45) is 0. The summed E-state index contributed by atoms with van der Waals surface area (Å²) in [5.41, 5.74) is 0. The summed E-state index contributed by atoms with van der Waals surface area (Å²) in [6.45, 7) is 0. The fourth-order valence-electron chi connectivity index (χ4n) is 0. The van der Waals surface area contributed by atoms with Crippen LogP contribution in [0.4, 0.5) is 0 Å². The zero-order valence-corrected chi connectivity index (χ0v) is 5.63. The Morgan fingerprint density at radius 2 is 1.43 bits per heavy atom. The van der Waals surface area contributed by atoms with Crippen molar-refractivity contribution < 1.29 is 21.2 Å². The van der Waals surface area contributed by atoms with E-state index in [9.17, 15) is 0 Å². The van der Waals surface area contributed by atoms with Gasteiger partial charge in [-0.1, -0.05) is 0 Å². The zero-order valence-electron chi connectivity index (χ0n) is 3.42. The molecule has 0 aliphatic rings. The molecule has 5 N–H and O–H groups in total. The first-order chi connectivity index (χ1) is 1.73. The Bertz CT molecular complexity index is 31.1. The molecule has 0 aliphatic carbocycles.